The molecule has 2 N–H and O–H groups in total. The lowest BCUT2D eigenvalue weighted by Crippen LogP contribution is -2.38. The Morgan fingerprint density at radius 3 is 2.86 bits per heavy atom. The molecule has 0 bridgehead atoms. The molecule has 154 valence electrons. The zero-order chi connectivity index (χ0) is 18.7. The Bertz CT molecular complexity index is 677. The number of aromatic nitrogens is 2. The van der Waals surface area contributed by atoms with Gasteiger partial charge in [0.25, 0.3) is 0 Å². The van der Waals surface area contributed by atoms with Crippen LogP contribution in [0.15, 0.2) is 53.8 Å². The summed E-state index contributed by atoms with van der Waals surface area (Å²) in [6, 6.07) is 12.5. The number of hydrogen-bond acceptors (Lipinski definition) is 3. The molecular formula is C21H32IN5O. The van der Waals surface area contributed by atoms with Crippen LogP contribution in [-0.2, 0) is 11.3 Å². The van der Waals surface area contributed by atoms with Crippen LogP contribution in [-0.4, -0.2) is 42.0 Å². The molecule has 2 unspecified atom stereocenters. The fourth-order valence-electron chi connectivity index (χ4n) is 3.47. The monoisotopic (exact) mass is 497 g/mol. The van der Waals surface area contributed by atoms with Crippen molar-refractivity contribution in [3.05, 3.63) is 54.4 Å². The summed E-state index contributed by atoms with van der Waals surface area (Å²) in [4.78, 5) is 4.84. The summed E-state index contributed by atoms with van der Waals surface area (Å²) in [5, 5.41) is 11.0. The van der Waals surface area contributed by atoms with Gasteiger partial charge in [0.1, 0.15) is 0 Å². The number of rotatable bonds is 8. The second kappa shape index (κ2) is 12.8. The third-order valence-electron chi connectivity index (χ3n) is 4.82. The molecule has 2 heterocycles. The number of hydrogen-bond donors (Lipinski definition) is 2. The number of benzene rings is 1. The molecule has 0 saturated carbocycles. The van der Waals surface area contributed by atoms with Crippen molar-refractivity contribution in [3.63, 3.8) is 0 Å². The van der Waals surface area contributed by atoms with Gasteiger partial charge in [-0.2, -0.15) is 5.10 Å². The Morgan fingerprint density at radius 1 is 1.25 bits per heavy atom. The molecule has 1 aliphatic heterocycles. The minimum atomic E-state index is 0. The number of nitrogens with one attached hydrogen (secondary N) is 2. The molecule has 2 aromatic rings. The standard InChI is InChI=1S/C21H31N5O.HI/c1-2-22-21(23-12-7-14-26-15-8-13-25-26)24-17-19-11-6-16-27-20(19)18-9-4-3-5-10-18;/h3-5,8-10,13,15,19-20H,2,6-7,11-12,14,16-17H2,1H3,(H2,22,23,24);1H. The summed E-state index contributed by atoms with van der Waals surface area (Å²) in [5.41, 5.74) is 1.26. The van der Waals surface area contributed by atoms with Gasteiger partial charge in [-0.05, 0) is 37.8 Å². The van der Waals surface area contributed by atoms with Gasteiger partial charge in [0.15, 0.2) is 5.96 Å². The Hall–Kier alpha value is -1.61. The molecule has 1 fully saturated rings. The lowest BCUT2D eigenvalue weighted by Gasteiger charge is -2.31. The fourth-order valence-corrected chi connectivity index (χ4v) is 3.47. The number of aliphatic imine (C=N–C) groups is 1. The molecule has 6 nitrogen and oxygen atoms in total. The summed E-state index contributed by atoms with van der Waals surface area (Å²) in [5.74, 6) is 1.30. The van der Waals surface area contributed by atoms with Crippen molar-refractivity contribution in [2.75, 3.05) is 26.2 Å². The van der Waals surface area contributed by atoms with Crippen molar-refractivity contribution in [2.24, 2.45) is 10.9 Å². The van der Waals surface area contributed by atoms with Gasteiger partial charge in [-0.3, -0.25) is 9.67 Å². The van der Waals surface area contributed by atoms with Crippen molar-refractivity contribution >= 4 is 29.9 Å². The molecule has 0 aliphatic carbocycles. The van der Waals surface area contributed by atoms with E-state index in [-0.39, 0.29) is 30.1 Å². The van der Waals surface area contributed by atoms with E-state index in [1.807, 2.05) is 23.1 Å². The lowest BCUT2D eigenvalue weighted by atomic mass is 9.89. The van der Waals surface area contributed by atoms with E-state index >= 15 is 0 Å². The quantitative estimate of drug-likeness (QED) is 0.253. The van der Waals surface area contributed by atoms with E-state index in [9.17, 15) is 0 Å². The summed E-state index contributed by atoms with van der Waals surface area (Å²) in [7, 11) is 0. The number of nitrogens with zero attached hydrogens (tertiary/aromatic N) is 3. The maximum absolute atomic E-state index is 6.09. The molecule has 2 atom stereocenters. The smallest absolute Gasteiger partial charge is 0.191 e. The maximum atomic E-state index is 6.09. The van der Waals surface area contributed by atoms with Crippen molar-refractivity contribution in [2.45, 2.75) is 38.8 Å². The van der Waals surface area contributed by atoms with E-state index < -0.39 is 0 Å². The van der Waals surface area contributed by atoms with Gasteiger partial charge < -0.3 is 15.4 Å². The maximum Gasteiger partial charge on any atom is 0.191 e. The van der Waals surface area contributed by atoms with Gasteiger partial charge in [0.05, 0.1) is 6.10 Å². The largest absolute Gasteiger partial charge is 0.373 e. The zero-order valence-electron chi connectivity index (χ0n) is 16.6. The summed E-state index contributed by atoms with van der Waals surface area (Å²) >= 11 is 0. The first-order valence-corrected chi connectivity index (χ1v) is 10.0. The van der Waals surface area contributed by atoms with Gasteiger partial charge in [-0.1, -0.05) is 30.3 Å². The topological polar surface area (TPSA) is 63.5 Å². The van der Waals surface area contributed by atoms with Crippen molar-refractivity contribution < 1.29 is 4.74 Å². The molecule has 1 aromatic carbocycles. The molecule has 0 radical (unpaired) electrons. The van der Waals surface area contributed by atoms with Crippen molar-refractivity contribution in [3.8, 4) is 0 Å². The van der Waals surface area contributed by atoms with Crippen LogP contribution >= 0.6 is 24.0 Å². The van der Waals surface area contributed by atoms with Gasteiger partial charge in [0.2, 0.25) is 0 Å². The van der Waals surface area contributed by atoms with Gasteiger partial charge >= 0.3 is 0 Å². The first-order chi connectivity index (χ1) is 13.4. The Morgan fingerprint density at radius 2 is 2.11 bits per heavy atom. The van der Waals surface area contributed by atoms with Crippen LogP contribution in [0.1, 0.15) is 37.9 Å². The zero-order valence-corrected chi connectivity index (χ0v) is 18.9. The average Bonchev–Trinajstić information content (AvgIpc) is 3.24. The Kier molecular flexibility index (Phi) is 10.3. The van der Waals surface area contributed by atoms with Gasteiger partial charge in [-0.15, -0.1) is 24.0 Å². The Balaban J connectivity index is 0.00000280. The highest BCUT2D eigenvalue weighted by Gasteiger charge is 2.27. The van der Waals surface area contributed by atoms with Crippen LogP contribution in [0, 0.1) is 5.92 Å². The van der Waals surface area contributed by atoms with Crippen LogP contribution in [0.2, 0.25) is 0 Å². The minimum absolute atomic E-state index is 0. The molecule has 1 aromatic heterocycles. The van der Waals surface area contributed by atoms with E-state index in [1.54, 1.807) is 0 Å². The number of ether oxygens (including phenoxy) is 1. The third-order valence-corrected chi connectivity index (χ3v) is 4.82. The number of halogens is 1. The second-order valence-electron chi connectivity index (χ2n) is 6.87. The second-order valence-corrected chi connectivity index (χ2v) is 6.87. The van der Waals surface area contributed by atoms with E-state index in [1.165, 1.54) is 5.56 Å². The first kappa shape index (κ1) is 22.7. The SMILES string of the molecule is CCNC(=NCC1CCCOC1c1ccccc1)NCCCn1cccn1.I. The summed E-state index contributed by atoms with van der Waals surface area (Å²) in [6.45, 7) is 6.34. The molecule has 7 heteroatoms. The molecule has 0 spiro atoms. The molecule has 1 saturated heterocycles. The van der Waals surface area contributed by atoms with Crippen LogP contribution in [0.3, 0.4) is 0 Å². The molecular weight excluding hydrogens is 465 g/mol. The van der Waals surface area contributed by atoms with Crippen LogP contribution in [0.4, 0.5) is 0 Å². The Labute approximate surface area is 185 Å². The highest BCUT2D eigenvalue weighted by atomic mass is 127. The van der Waals surface area contributed by atoms with Gasteiger partial charge in [0, 0.05) is 51.1 Å². The number of guanidine groups is 1. The van der Waals surface area contributed by atoms with Crippen molar-refractivity contribution in [1.82, 2.24) is 20.4 Å². The normalized spacial score (nSPS) is 19.7. The minimum Gasteiger partial charge on any atom is -0.373 e. The average molecular weight is 497 g/mol. The third kappa shape index (κ3) is 7.09. The van der Waals surface area contributed by atoms with Crippen LogP contribution < -0.4 is 10.6 Å². The lowest BCUT2D eigenvalue weighted by molar-refractivity contribution is -0.0250. The highest BCUT2D eigenvalue weighted by molar-refractivity contribution is 14.0. The van der Waals surface area contributed by atoms with Crippen molar-refractivity contribution in [1.29, 1.82) is 0 Å². The molecule has 0 amide bonds. The number of aryl methyl sites for hydroxylation is 1. The summed E-state index contributed by atoms with van der Waals surface area (Å²) in [6.07, 6.45) is 7.22. The highest BCUT2D eigenvalue weighted by Crippen LogP contribution is 2.33. The first-order valence-electron chi connectivity index (χ1n) is 10.0. The molecule has 28 heavy (non-hydrogen) atoms. The predicted octanol–water partition coefficient (Wildman–Crippen LogP) is 3.61. The van der Waals surface area contributed by atoms with E-state index in [2.05, 4.69) is 53.0 Å². The van der Waals surface area contributed by atoms with E-state index in [4.69, 9.17) is 9.73 Å². The predicted molar refractivity (Wildman–Crippen MR) is 124 cm³/mol. The summed E-state index contributed by atoms with van der Waals surface area (Å²) < 4.78 is 8.04. The van der Waals surface area contributed by atoms with Crippen LogP contribution in [0.25, 0.3) is 0 Å². The molecule has 1 aliphatic rings. The molecule has 3 rings (SSSR count). The van der Waals surface area contributed by atoms with E-state index in [0.29, 0.717) is 5.92 Å². The van der Waals surface area contributed by atoms with Crippen LogP contribution in [0.5, 0.6) is 0 Å². The fraction of sp³-hybridized carbons (Fsp3) is 0.524. The van der Waals surface area contributed by atoms with E-state index in [0.717, 1.165) is 58.0 Å². The van der Waals surface area contributed by atoms with Gasteiger partial charge in [-0.25, -0.2) is 0 Å².